The van der Waals surface area contributed by atoms with Gasteiger partial charge in [-0.3, -0.25) is 9.59 Å². The Morgan fingerprint density at radius 2 is 1.53 bits per heavy atom. The van der Waals surface area contributed by atoms with Gasteiger partial charge in [0, 0.05) is 0 Å². The lowest BCUT2D eigenvalue weighted by molar-refractivity contribution is -0.121. The molecule has 6 nitrogen and oxygen atoms in total. The van der Waals surface area contributed by atoms with Crippen LogP contribution in [0.4, 0.5) is 33.3 Å². The zero-order valence-electron chi connectivity index (χ0n) is 15.6. The number of anilines is 2. The van der Waals surface area contributed by atoms with Crippen molar-refractivity contribution in [3.63, 3.8) is 0 Å². The predicted octanol–water partition coefficient (Wildman–Crippen LogP) is 3.42. The Hall–Kier alpha value is -3.21. The zero-order chi connectivity index (χ0) is 22.0. The molecule has 2 aromatic carbocycles. The summed E-state index contributed by atoms with van der Waals surface area (Å²) in [4.78, 5) is 25.6. The Labute approximate surface area is 167 Å². The fourth-order valence-corrected chi connectivity index (χ4v) is 2.80. The third kappa shape index (κ3) is 3.92. The van der Waals surface area contributed by atoms with Crippen LogP contribution in [0, 0.1) is 29.1 Å². The fraction of sp³-hybridized carbons (Fsp3) is 0.263. The van der Waals surface area contributed by atoms with E-state index in [0.29, 0.717) is 12.4 Å². The number of benzene rings is 2. The van der Waals surface area contributed by atoms with Gasteiger partial charge in [-0.05, 0) is 30.7 Å². The van der Waals surface area contributed by atoms with Crippen LogP contribution in [0.3, 0.4) is 0 Å². The predicted molar refractivity (Wildman–Crippen MR) is 96.1 cm³/mol. The third-order valence-corrected chi connectivity index (χ3v) is 4.30. The van der Waals surface area contributed by atoms with E-state index in [9.17, 15) is 31.5 Å². The fourth-order valence-electron chi connectivity index (χ4n) is 2.80. The molecule has 1 fully saturated rings. The lowest BCUT2D eigenvalue weighted by atomic mass is 10.2. The van der Waals surface area contributed by atoms with Crippen LogP contribution in [0.15, 0.2) is 24.3 Å². The van der Waals surface area contributed by atoms with Crippen LogP contribution in [0.1, 0.15) is 19.8 Å². The molecule has 2 aromatic rings. The number of rotatable bonds is 7. The summed E-state index contributed by atoms with van der Waals surface area (Å²) in [5, 5.41) is 0. The number of imide groups is 1. The first kappa shape index (κ1) is 21.5. The van der Waals surface area contributed by atoms with E-state index in [1.54, 1.807) is 12.1 Å². The van der Waals surface area contributed by atoms with E-state index in [4.69, 9.17) is 4.74 Å². The van der Waals surface area contributed by atoms with Crippen molar-refractivity contribution in [3.8, 4) is 5.75 Å². The molecule has 0 radical (unpaired) electrons. The summed E-state index contributed by atoms with van der Waals surface area (Å²) in [7, 11) is 0. The Balaban J connectivity index is 1.73. The average Bonchev–Trinajstić information content (AvgIpc) is 3.03. The molecule has 2 N–H and O–H groups in total. The molecular formula is C19H16F5N3O3. The second-order valence-electron chi connectivity index (χ2n) is 6.38. The van der Waals surface area contributed by atoms with Crippen molar-refractivity contribution in [1.82, 2.24) is 5.43 Å². The molecule has 1 atom stereocenters. The molecule has 2 amide bonds. The van der Waals surface area contributed by atoms with Gasteiger partial charge in [0.05, 0.1) is 18.7 Å². The van der Waals surface area contributed by atoms with Gasteiger partial charge < -0.3 is 10.2 Å². The topological polar surface area (TPSA) is 70.7 Å². The van der Waals surface area contributed by atoms with Crippen LogP contribution in [0.25, 0.3) is 0 Å². The zero-order valence-corrected chi connectivity index (χ0v) is 15.6. The molecule has 0 saturated carbocycles. The van der Waals surface area contributed by atoms with Crippen LogP contribution in [0.2, 0.25) is 0 Å². The van der Waals surface area contributed by atoms with Crippen molar-refractivity contribution in [3.05, 3.63) is 53.4 Å². The number of hydrogen-bond donors (Lipinski definition) is 2. The number of carbonyl (C=O) groups excluding carboxylic acids is 2. The summed E-state index contributed by atoms with van der Waals surface area (Å²) in [5.41, 5.74) is 2.86. The van der Waals surface area contributed by atoms with Crippen LogP contribution >= 0.6 is 0 Å². The van der Waals surface area contributed by atoms with Gasteiger partial charge in [0.25, 0.3) is 5.91 Å². The van der Waals surface area contributed by atoms with Crippen LogP contribution in [-0.2, 0) is 9.59 Å². The smallest absolute Gasteiger partial charge is 0.253 e. The second kappa shape index (κ2) is 8.66. The number of carbonyl (C=O) groups is 2. The van der Waals surface area contributed by atoms with Crippen LogP contribution in [-0.4, -0.2) is 24.5 Å². The highest BCUT2D eigenvalue weighted by Crippen LogP contribution is 2.28. The van der Waals surface area contributed by atoms with E-state index >= 15 is 0 Å². The lowest BCUT2D eigenvalue weighted by Crippen LogP contribution is -2.42. The molecule has 160 valence electrons. The molecule has 0 aliphatic carbocycles. The molecule has 1 saturated heterocycles. The quantitative estimate of drug-likeness (QED) is 0.232. The molecule has 0 aromatic heterocycles. The number of ether oxygens (including phenoxy) is 1. The highest BCUT2D eigenvalue weighted by molar-refractivity contribution is 6.22. The SMILES string of the molecule is CCCOc1ccc(N2C(=O)CC(NNc3c(F)c(F)c(F)c(F)c3F)C2=O)cc1. The molecular weight excluding hydrogens is 413 g/mol. The Morgan fingerprint density at radius 3 is 2.10 bits per heavy atom. The molecule has 1 aliphatic heterocycles. The molecule has 11 heteroatoms. The Morgan fingerprint density at radius 1 is 0.967 bits per heavy atom. The number of nitrogens with one attached hydrogen (secondary N) is 2. The van der Waals surface area contributed by atoms with Gasteiger partial charge in [-0.15, -0.1) is 0 Å². The van der Waals surface area contributed by atoms with Crippen LogP contribution < -0.4 is 20.5 Å². The first-order chi connectivity index (χ1) is 14.3. The molecule has 1 aliphatic rings. The van der Waals surface area contributed by atoms with Gasteiger partial charge in [-0.1, -0.05) is 6.92 Å². The van der Waals surface area contributed by atoms with Gasteiger partial charge in [0.2, 0.25) is 11.7 Å². The van der Waals surface area contributed by atoms with E-state index in [1.165, 1.54) is 12.1 Å². The van der Waals surface area contributed by atoms with Gasteiger partial charge in [0.15, 0.2) is 23.3 Å². The van der Waals surface area contributed by atoms with Gasteiger partial charge in [-0.2, -0.15) is 0 Å². The van der Waals surface area contributed by atoms with Crippen molar-refractivity contribution < 1.29 is 36.3 Å². The van der Waals surface area contributed by atoms with Crippen molar-refractivity contribution in [1.29, 1.82) is 0 Å². The summed E-state index contributed by atoms with van der Waals surface area (Å²) in [5.74, 6) is -11.6. The number of nitrogens with zero attached hydrogens (tertiary/aromatic N) is 1. The number of hydrazine groups is 1. The standard InChI is InChI=1S/C19H16F5N3O3/c1-2-7-30-10-5-3-9(4-6-10)27-12(28)8-11(19(27)29)25-26-18-16(23)14(21)13(20)15(22)17(18)24/h3-6,11,25-26H,2,7-8H2,1H3. The molecule has 30 heavy (non-hydrogen) atoms. The van der Waals surface area contributed by atoms with Crippen molar-refractivity contribution >= 4 is 23.2 Å². The number of halogens is 5. The van der Waals surface area contributed by atoms with E-state index in [2.05, 4.69) is 5.43 Å². The Kier molecular flexibility index (Phi) is 6.20. The third-order valence-electron chi connectivity index (χ3n) is 4.30. The average molecular weight is 429 g/mol. The maximum Gasteiger partial charge on any atom is 0.253 e. The first-order valence-electron chi connectivity index (χ1n) is 8.88. The highest BCUT2D eigenvalue weighted by Gasteiger charge is 2.40. The van der Waals surface area contributed by atoms with Gasteiger partial charge in [-0.25, -0.2) is 32.3 Å². The van der Waals surface area contributed by atoms with Gasteiger partial charge >= 0.3 is 0 Å². The molecule has 1 heterocycles. The normalized spacial score (nSPS) is 16.3. The minimum Gasteiger partial charge on any atom is -0.494 e. The maximum atomic E-state index is 13.7. The largest absolute Gasteiger partial charge is 0.494 e. The monoisotopic (exact) mass is 429 g/mol. The number of amides is 2. The minimum absolute atomic E-state index is 0.245. The molecule has 1 unspecified atom stereocenters. The summed E-state index contributed by atoms with van der Waals surface area (Å²) in [6.07, 6.45) is 0.406. The minimum atomic E-state index is -2.31. The molecule has 0 spiro atoms. The second-order valence-corrected chi connectivity index (χ2v) is 6.38. The molecule has 3 rings (SSSR count). The van der Waals surface area contributed by atoms with E-state index in [0.717, 1.165) is 11.3 Å². The van der Waals surface area contributed by atoms with Crippen molar-refractivity contribution in [2.45, 2.75) is 25.8 Å². The summed E-state index contributed by atoms with van der Waals surface area (Å²) < 4.78 is 72.5. The van der Waals surface area contributed by atoms with Gasteiger partial charge in [0.1, 0.15) is 17.5 Å². The first-order valence-corrected chi connectivity index (χ1v) is 8.88. The van der Waals surface area contributed by atoms with E-state index in [-0.39, 0.29) is 5.69 Å². The van der Waals surface area contributed by atoms with E-state index in [1.807, 2.05) is 12.3 Å². The van der Waals surface area contributed by atoms with Crippen LogP contribution in [0.5, 0.6) is 5.75 Å². The Bertz CT molecular complexity index is 955. The summed E-state index contributed by atoms with van der Waals surface area (Å²) in [6, 6.07) is 4.82. The van der Waals surface area contributed by atoms with Crippen molar-refractivity contribution in [2.75, 3.05) is 16.9 Å². The highest BCUT2D eigenvalue weighted by atomic mass is 19.2. The lowest BCUT2D eigenvalue weighted by Gasteiger charge is -2.17. The van der Waals surface area contributed by atoms with Crippen molar-refractivity contribution in [2.24, 2.45) is 0 Å². The summed E-state index contributed by atoms with van der Waals surface area (Å²) in [6.45, 7) is 2.43. The maximum absolute atomic E-state index is 13.7. The summed E-state index contributed by atoms with van der Waals surface area (Å²) >= 11 is 0. The molecule has 0 bridgehead atoms. The number of hydrogen-bond acceptors (Lipinski definition) is 5. The van der Waals surface area contributed by atoms with E-state index < -0.39 is 59.1 Å².